The van der Waals surface area contributed by atoms with Gasteiger partial charge >= 0.3 is 6.03 Å². The minimum Gasteiger partial charge on any atom is -0.341 e. The summed E-state index contributed by atoms with van der Waals surface area (Å²) >= 11 is 0. The SMILES string of the molecule is CNC(=O)Nc1cccc(NS(=O)(=O)c2ccc(C)cc2C)c1. The Morgan fingerprint density at radius 1 is 1.00 bits per heavy atom. The van der Waals surface area contributed by atoms with Crippen LogP contribution >= 0.6 is 0 Å². The molecule has 3 N–H and O–H groups in total. The minimum atomic E-state index is -3.69. The number of nitrogens with one attached hydrogen (secondary N) is 3. The number of anilines is 2. The minimum absolute atomic E-state index is 0.229. The summed E-state index contributed by atoms with van der Waals surface area (Å²) in [4.78, 5) is 11.5. The average molecular weight is 333 g/mol. The van der Waals surface area contributed by atoms with Gasteiger partial charge in [0.2, 0.25) is 0 Å². The highest BCUT2D eigenvalue weighted by atomic mass is 32.2. The highest BCUT2D eigenvalue weighted by molar-refractivity contribution is 7.92. The Balaban J connectivity index is 2.27. The standard InChI is InChI=1S/C16H19N3O3S/c1-11-7-8-15(12(2)9-11)23(21,22)19-14-6-4-5-13(10-14)18-16(20)17-3/h4-10,19H,1-3H3,(H2,17,18,20). The summed E-state index contributed by atoms with van der Waals surface area (Å²) in [5.41, 5.74) is 2.54. The molecule has 2 rings (SSSR count). The number of carbonyl (C=O) groups excluding carboxylic acids is 1. The Kier molecular flexibility index (Phi) is 4.90. The third kappa shape index (κ3) is 4.23. The Hall–Kier alpha value is -2.54. The third-order valence-electron chi connectivity index (χ3n) is 3.22. The van der Waals surface area contributed by atoms with Crippen molar-refractivity contribution in [2.24, 2.45) is 0 Å². The van der Waals surface area contributed by atoms with Crippen LogP contribution in [0.25, 0.3) is 0 Å². The van der Waals surface area contributed by atoms with Gasteiger partial charge in [0.25, 0.3) is 10.0 Å². The van der Waals surface area contributed by atoms with E-state index in [2.05, 4.69) is 15.4 Å². The molecule has 0 saturated heterocycles. The van der Waals surface area contributed by atoms with Crippen LogP contribution in [0.15, 0.2) is 47.4 Å². The Morgan fingerprint density at radius 3 is 2.35 bits per heavy atom. The fraction of sp³-hybridized carbons (Fsp3) is 0.188. The smallest absolute Gasteiger partial charge is 0.318 e. The van der Waals surface area contributed by atoms with Crippen molar-refractivity contribution < 1.29 is 13.2 Å². The van der Waals surface area contributed by atoms with Crippen molar-refractivity contribution in [1.82, 2.24) is 5.32 Å². The maximum atomic E-state index is 12.5. The second-order valence-electron chi connectivity index (χ2n) is 5.16. The molecule has 0 radical (unpaired) electrons. The molecule has 0 atom stereocenters. The van der Waals surface area contributed by atoms with E-state index in [-0.39, 0.29) is 10.9 Å². The van der Waals surface area contributed by atoms with Gasteiger partial charge in [0.15, 0.2) is 0 Å². The molecular weight excluding hydrogens is 314 g/mol. The van der Waals surface area contributed by atoms with Gasteiger partial charge in [0, 0.05) is 12.7 Å². The van der Waals surface area contributed by atoms with Crippen LogP contribution in [-0.4, -0.2) is 21.5 Å². The molecule has 0 fully saturated rings. The van der Waals surface area contributed by atoms with Crippen LogP contribution in [0.1, 0.15) is 11.1 Å². The van der Waals surface area contributed by atoms with Crippen molar-refractivity contribution in [1.29, 1.82) is 0 Å². The fourth-order valence-corrected chi connectivity index (χ4v) is 3.44. The van der Waals surface area contributed by atoms with Gasteiger partial charge in [-0.3, -0.25) is 4.72 Å². The van der Waals surface area contributed by atoms with Gasteiger partial charge in [-0.05, 0) is 43.7 Å². The number of benzene rings is 2. The first-order chi connectivity index (χ1) is 10.8. The molecule has 0 heterocycles. The second kappa shape index (κ2) is 6.70. The summed E-state index contributed by atoms with van der Waals surface area (Å²) in [5.74, 6) is 0. The van der Waals surface area contributed by atoms with E-state index < -0.39 is 10.0 Å². The number of rotatable bonds is 4. The Morgan fingerprint density at radius 2 is 1.70 bits per heavy atom. The van der Waals surface area contributed by atoms with E-state index in [1.165, 1.54) is 7.05 Å². The van der Waals surface area contributed by atoms with Crippen LogP contribution in [-0.2, 0) is 10.0 Å². The summed E-state index contributed by atoms with van der Waals surface area (Å²) in [6.45, 7) is 3.66. The van der Waals surface area contributed by atoms with E-state index in [0.29, 0.717) is 16.9 Å². The zero-order valence-electron chi connectivity index (χ0n) is 13.2. The topological polar surface area (TPSA) is 87.3 Å². The Labute approximate surface area is 136 Å². The van der Waals surface area contributed by atoms with E-state index in [0.717, 1.165) is 5.56 Å². The molecule has 0 bridgehead atoms. The van der Waals surface area contributed by atoms with E-state index >= 15 is 0 Å². The lowest BCUT2D eigenvalue weighted by atomic mass is 10.2. The lowest BCUT2D eigenvalue weighted by molar-refractivity contribution is 0.254. The number of hydrogen-bond donors (Lipinski definition) is 3. The number of urea groups is 1. The zero-order valence-corrected chi connectivity index (χ0v) is 14.0. The highest BCUT2D eigenvalue weighted by Crippen LogP contribution is 2.22. The quantitative estimate of drug-likeness (QED) is 0.804. The van der Waals surface area contributed by atoms with Crippen LogP contribution < -0.4 is 15.4 Å². The molecule has 0 saturated carbocycles. The molecule has 0 aliphatic rings. The monoisotopic (exact) mass is 333 g/mol. The van der Waals surface area contributed by atoms with Gasteiger partial charge in [-0.25, -0.2) is 13.2 Å². The summed E-state index contributed by atoms with van der Waals surface area (Å²) in [6, 6.07) is 11.3. The van der Waals surface area contributed by atoms with Crippen LogP contribution in [0, 0.1) is 13.8 Å². The van der Waals surface area contributed by atoms with Gasteiger partial charge in [-0.2, -0.15) is 0 Å². The fourth-order valence-electron chi connectivity index (χ4n) is 2.17. The van der Waals surface area contributed by atoms with Gasteiger partial charge in [0.1, 0.15) is 0 Å². The normalized spacial score (nSPS) is 10.9. The predicted molar refractivity (Wildman–Crippen MR) is 91.2 cm³/mol. The van der Waals surface area contributed by atoms with Crippen molar-refractivity contribution in [3.8, 4) is 0 Å². The molecule has 0 aliphatic carbocycles. The lowest BCUT2D eigenvalue weighted by Crippen LogP contribution is -2.24. The molecular formula is C16H19N3O3S. The zero-order chi connectivity index (χ0) is 17.0. The third-order valence-corrected chi connectivity index (χ3v) is 4.76. The molecule has 0 aliphatic heterocycles. The first-order valence-electron chi connectivity index (χ1n) is 7.01. The first kappa shape index (κ1) is 16.8. The van der Waals surface area contributed by atoms with Gasteiger partial charge < -0.3 is 10.6 Å². The lowest BCUT2D eigenvalue weighted by Gasteiger charge is -2.12. The molecule has 2 aromatic rings. The molecule has 2 amide bonds. The van der Waals surface area contributed by atoms with Crippen LogP contribution in [0.5, 0.6) is 0 Å². The van der Waals surface area contributed by atoms with E-state index in [1.807, 2.05) is 13.0 Å². The molecule has 23 heavy (non-hydrogen) atoms. The van der Waals surface area contributed by atoms with Crippen molar-refractivity contribution >= 4 is 27.4 Å². The van der Waals surface area contributed by atoms with Crippen molar-refractivity contribution in [3.05, 3.63) is 53.6 Å². The van der Waals surface area contributed by atoms with Crippen LogP contribution in [0.4, 0.5) is 16.2 Å². The van der Waals surface area contributed by atoms with Gasteiger partial charge in [0.05, 0.1) is 10.6 Å². The molecule has 0 aromatic heterocycles. The first-order valence-corrected chi connectivity index (χ1v) is 8.49. The predicted octanol–water partition coefficient (Wildman–Crippen LogP) is 2.86. The molecule has 122 valence electrons. The molecule has 0 spiro atoms. The average Bonchev–Trinajstić information content (AvgIpc) is 2.46. The summed E-state index contributed by atoms with van der Waals surface area (Å²) in [7, 11) is -2.19. The van der Waals surface area contributed by atoms with Gasteiger partial charge in [-0.15, -0.1) is 0 Å². The largest absolute Gasteiger partial charge is 0.341 e. The molecule has 2 aromatic carbocycles. The maximum Gasteiger partial charge on any atom is 0.318 e. The van der Waals surface area contributed by atoms with E-state index in [4.69, 9.17) is 0 Å². The van der Waals surface area contributed by atoms with Crippen LogP contribution in [0.2, 0.25) is 0 Å². The van der Waals surface area contributed by atoms with Crippen molar-refractivity contribution in [2.75, 3.05) is 17.1 Å². The van der Waals surface area contributed by atoms with Crippen LogP contribution in [0.3, 0.4) is 0 Å². The molecule has 6 nitrogen and oxygen atoms in total. The second-order valence-corrected chi connectivity index (χ2v) is 6.81. The van der Waals surface area contributed by atoms with Crippen molar-refractivity contribution in [2.45, 2.75) is 18.7 Å². The summed E-state index contributed by atoms with van der Waals surface area (Å²) in [6.07, 6.45) is 0. The molecule has 0 unspecified atom stereocenters. The number of hydrogen-bond acceptors (Lipinski definition) is 3. The number of sulfonamides is 1. The number of carbonyl (C=O) groups is 1. The van der Waals surface area contributed by atoms with E-state index in [1.54, 1.807) is 43.3 Å². The van der Waals surface area contributed by atoms with Crippen molar-refractivity contribution in [3.63, 3.8) is 0 Å². The summed E-state index contributed by atoms with van der Waals surface area (Å²) in [5, 5.41) is 5.02. The highest BCUT2D eigenvalue weighted by Gasteiger charge is 2.17. The summed E-state index contributed by atoms with van der Waals surface area (Å²) < 4.78 is 27.6. The Bertz CT molecular complexity index is 832. The number of amides is 2. The maximum absolute atomic E-state index is 12.5. The molecule has 7 heteroatoms. The van der Waals surface area contributed by atoms with Gasteiger partial charge in [-0.1, -0.05) is 23.8 Å². The number of aryl methyl sites for hydroxylation is 2. The van der Waals surface area contributed by atoms with E-state index in [9.17, 15) is 13.2 Å².